The van der Waals surface area contributed by atoms with Crippen LogP contribution in [-0.4, -0.2) is 23.4 Å². The Labute approximate surface area is 147 Å². The fourth-order valence-electron chi connectivity index (χ4n) is 3.26. The lowest BCUT2D eigenvalue weighted by molar-refractivity contribution is 0.387. The normalized spacial score (nSPS) is 23.0. The predicted octanol–water partition coefficient (Wildman–Crippen LogP) is 4.68. The van der Waals surface area contributed by atoms with E-state index in [0.717, 1.165) is 24.0 Å². The molecule has 0 aliphatic heterocycles. The first kappa shape index (κ1) is 19.0. The molecule has 0 radical (unpaired) electrons. The number of hydrogen-bond acceptors (Lipinski definition) is 3. The molecule has 0 aromatic heterocycles. The summed E-state index contributed by atoms with van der Waals surface area (Å²) in [4.78, 5) is 4.73. The van der Waals surface area contributed by atoms with Gasteiger partial charge in [-0.25, -0.2) is 0 Å². The van der Waals surface area contributed by atoms with E-state index in [9.17, 15) is 5.11 Å². The van der Waals surface area contributed by atoms with Crippen LogP contribution in [0.5, 0.6) is 5.75 Å². The first-order chi connectivity index (χ1) is 11.0. The summed E-state index contributed by atoms with van der Waals surface area (Å²) in [6, 6.07) is 4.53. The van der Waals surface area contributed by atoms with Gasteiger partial charge in [-0.3, -0.25) is 4.99 Å². The van der Waals surface area contributed by atoms with Crippen LogP contribution in [0.15, 0.2) is 17.1 Å². The number of rotatable bonds is 2. The van der Waals surface area contributed by atoms with Gasteiger partial charge < -0.3 is 10.8 Å². The third kappa shape index (κ3) is 4.38. The molecule has 2 atom stereocenters. The molecule has 0 amide bonds. The van der Waals surface area contributed by atoms with Crippen molar-refractivity contribution in [1.29, 1.82) is 0 Å². The molecule has 3 N–H and O–H groups in total. The minimum absolute atomic E-state index is 0.0253. The first-order valence-corrected chi connectivity index (χ1v) is 9.17. The highest BCUT2D eigenvalue weighted by Gasteiger charge is 2.25. The summed E-state index contributed by atoms with van der Waals surface area (Å²) in [5.74, 6) is 0.351. The number of benzene rings is 1. The summed E-state index contributed by atoms with van der Waals surface area (Å²) in [5.41, 5.74) is 9.12. The van der Waals surface area contributed by atoms with Gasteiger partial charge in [0.2, 0.25) is 0 Å². The average Bonchev–Trinajstić information content (AvgIpc) is 2.45. The zero-order valence-corrected chi connectivity index (χ0v) is 16.2. The fraction of sp³-hybridized carbons (Fsp3) is 0.667. The van der Waals surface area contributed by atoms with Gasteiger partial charge in [0, 0.05) is 23.4 Å². The maximum Gasteiger partial charge on any atom is 0.128 e. The highest BCUT2D eigenvalue weighted by atomic mass is 16.3. The Morgan fingerprint density at radius 1 is 1.04 bits per heavy atom. The van der Waals surface area contributed by atoms with E-state index in [2.05, 4.69) is 53.7 Å². The highest BCUT2D eigenvalue weighted by Crippen LogP contribution is 2.37. The van der Waals surface area contributed by atoms with Gasteiger partial charge in [-0.05, 0) is 35.3 Å². The first-order valence-electron chi connectivity index (χ1n) is 9.17. The molecule has 0 spiro atoms. The molecule has 2 rings (SSSR count). The van der Waals surface area contributed by atoms with Crippen LogP contribution >= 0.6 is 0 Å². The molecule has 3 nitrogen and oxygen atoms in total. The van der Waals surface area contributed by atoms with Gasteiger partial charge in [0.05, 0.1) is 6.04 Å². The van der Waals surface area contributed by atoms with Gasteiger partial charge in [-0.2, -0.15) is 0 Å². The van der Waals surface area contributed by atoms with E-state index in [4.69, 9.17) is 10.7 Å². The van der Waals surface area contributed by atoms with Gasteiger partial charge in [0.1, 0.15) is 5.75 Å². The van der Waals surface area contributed by atoms with E-state index < -0.39 is 0 Å². The van der Waals surface area contributed by atoms with E-state index in [1.165, 1.54) is 18.4 Å². The van der Waals surface area contributed by atoms with Crippen molar-refractivity contribution in [3.05, 3.63) is 28.8 Å². The Morgan fingerprint density at radius 2 is 1.67 bits per heavy atom. The number of aromatic hydroxyl groups is 1. The molecule has 134 valence electrons. The Hall–Kier alpha value is -1.35. The summed E-state index contributed by atoms with van der Waals surface area (Å²) in [5, 5.41) is 10.8. The second-order valence-corrected chi connectivity index (χ2v) is 9.26. The van der Waals surface area contributed by atoms with Gasteiger partial charge in [-0.1, -0.05) is 60.5 Å². The minimum Gasteiger partial charge on any atom is -0.507 e. The van der Waals surface area contributed by atoms with E-state index in [0.29, 0.717) is 5.75 Å². The van der Waals surface area contributed by atoms with Crippen molar-refractivity contribution < 1.29 is 5.11 Å². The quantitative estimate of drug-likeness (QED) is 0.774. The smallest absolute Gasteiger partial charge is 0.128 e. The molecule has 1 aliphatic carbocycles. The van der Waals surface area contributed by atoms with Crippen LogP contribution < -0.4 is 5.73 Å². The van der Waals surface area contributed by atoms with Crippen LogP contribution in [0, 0.1) is 0 Å². The predicted molar refractivity (Wildman–Crippen MR) is 103 cm³/mol. The summed E-state index contributed by atoms with van der Waals surface area (Å²) in [6.07, 6.45) is 6.32. The van der Waals surface area contributed by atoms with E-state index in [1.54, 1.807) is 0 Å². The number of aliphatic imine (C=N–C) groups is 1. The second-order valence-electron chi connectivity index (χ2n) is 9.26. The number of hydrogen-bond donors (Lipinski definition) is 2. The van der Waals surface area contributed by atoms with Crippen LogP contribution in [0.1, 0.15) is 83.9 Å². The lowest BCUT2D eigenvalue weighted by atomic mass is 9.79. The zero-order chi connectivity index (χ0) is 18.1. The third-order valence-corrected chi connectivity index (χ3v) is 5.00. The molecule has 0 saturated heterocycles. The van der Waals surface area contributed by atoms with Crippen molar-refractivity contribution in [3.63, 3.8) is 0 Å². The van der Waals surface area contributed by atoms with Crippen molar-refractivity contribution in [2.45, 2.75) is 90.1 Å². The van der Waals surface area contributed by atoms with Crippen LogP contribution in [0.4, 0.5) is 0 Å². The summed E-state index contributed by atoms with van der Waals surface area (Å²) in [6.45, 7) is 13.0. The Kier molecular flexibility index (Phi) is 5.44. The highest BCUT2D eigenvalue weighted by molar-refractivity contribution is 5.85. The number of phenolic OH excluding ortho intramolecular Hbond substituents is 1. The van der Waals surface area contributed by atoms with Crippen LogP contribution in [-0.2, 0) is 10.8 Å². The molecule has 2 unspecified atom stereocenters. The third-order valence-electron chi connectivity index (χ3n) is 5.00. The van der Waals surface area contributed by atoms with Gasteiger partial charge in [0.25, 0.3) is 0 Å². The van der Waals surface area contributed by atoms with Crippen molar-refractivity contribution >= 4 is 6.21 Å². The molecule has 0 heterocycles. The second kappa shape index (κ2) is 6.87. The van der Waals surface area contributed by atoms with Crippen molar-refractivity contribution in [2.24, 2.45) is 10.7 Å². The van der Waals surface area contributed by atoms with E-state index >= 15 is 0 Å². The summed E-state index contributed by atoms with van der Waals surface area (Å²) in [7, 11) is 0. The molecular formula is C21H34N2O. The number of nitrogens with zero attached hydrogens (tertiary/aromatic N) is 1. The molecule has 0 bridgehead atoms. The van der Waals surface area contributed by atoms with Crippen LogP contribution in [0.25, 0.3) is 0 Å². The van der Waals surface area contributed by atoms with E-state index in [1.807, 2.05) is 6.21 Å². The van der Waals surface area contributed by atoms with Crippen LogP contribution in [0.3, 0.4) is 0 Å². The zero-order valence-electron chi connectivity index (χ0n) is 16.2. The molecular weight excluding hydrogens is 296 g/mol. The molecule has 1 aromatic rings. The molecule has 24 heavy (non-hydrogen) atoms. The molecule has 1 saturated carbocycles. The fourth-order valence-corrected chi connectivity index (χ4v) is 3.26. The van der Waals surface area contributed by atoms with Crippen LogP contribution in [0.2, 0.25) is 0 Å². The summed E-state index contributed by atoms with van der Waals surface area (Å²) >= 11 is 0. The Morgan fingerprint density at radius 3 is 2.21 bits per heavy atom. The van der Waals surface area contributed by atoms with Gasteiger partial charge in [0.15, 0.2) is 0 Å². The number of nitrogens with two attached hydrogens (primary N) is 1. The SMILES string of the molecule is CC(C)(C)c1cc(/C=N/C2CCCCC2N)c(O)c(C(C)(C)C)c1. The van der Waals surface area contributed by atoms with Gasteiger partial charge in [-0.15, -0.1) is 0 Å². The molecule has 3 heteroatoms. The molecule has 1 aliphatic rings. The minimum atomic E-state index is -0.116. The Balaban J connectivity index is 2.44. The Bertz CT molecular complexity index is 605. The lowest BCUT2D eigenvalue weighted by Gasteiger charge is -2.27. The maximum atomic E-state index is 10.8. The van der Waals surface area contributed by atoms with E-state index in [-0.39, 0.29) is 22.9 Å². The van der Waals surface area contributed by atoms with Crippen molar-refractivity contribution in [1.82, 2.24) is 0 Å². The maximum absolute atomic E-state index is 10.8. The summed E-state index contributed by atoms with van der Waals surface area (Å²) < 4.78 is 0. The topological polar surface area (TPSA) is 58.6 Å². The monoisotopic (exact) mass is 330 g/mol. The average molecular weight is 331 g/mol. The molecule has 1 aromatic carbocycles. The number of phenols is 1. The van der Waals surface area contributed by atoms with Crippen molar-refractivity contribution in [3.8, 4) is 5.75 Å². The lowest BCUT2D eigenvalue weighted by Crippen LogP contribution is -2.36. The standard InChI is InChI=1S/C21H34N2O/c1-20(2,3)15-11-14(19(24)16(12-15)21(4,5)6)13-23-18-10-8-7-9-17(18)22/h11-13,17-18,24H,7-10,22H2,1-6H3/b23-13+. The van der Waals surface area contributed by atoms with Gasteiger partial charge >= 0.3 is 0 Å². The molecule has 1 fully saturated rings. The van der Waals surface area contributed by atoms with Crippen molar-refractivity contribution in [2.75, 3.05) is 0 Å². The largest absolute Gasteiger partial charge is 0.507 e.